The molecule has 0 fully saturated rings. The molecule has 4 heteroatoms. The second-order valence-electron chi connectivity index (χ2n) is 2.41. The van der Waals surface area contributed by atoms with Gasteiger partial charge in [0.2, 0.25) is 0 Å². The highest BCUT2D eigenvalue weighted by Crippen LogP contribution is 2.01. The second-order valence-corrected chi connectivity index (χ2v) is 2.41. The van der Waals surface area contributed by atoms with Gasteiger partial charge in [0.25, 0.3) is 0 Å². The maximum atomic E-state index is 10.9. The summed E-state index contributed by atoms with van der Waals surface area (Å²) in [5.41, 5.74) is 0.0351. The topological polar surface area (TPSA) is 66.8 Å². The van der Waals surface area contributed by atoms with E-state index in [0.717, 1.165) is 0 Å². The van der Waals surface area contributed by atoms with Crippen molar-refractivity contribution in [2.24, 2.45) is 0 Å². The molecule has 0 bridgehead atoms. The van der Waals surface area contributed by atoms with Gasteiger partial charge >= 0.3 is 5.97 Å². The quantitative estimate of drug-likeness (QED) is 0.345. The molecule has 0 aliphatic carbocycles. The lowest BCUT2D eigenvalue weighted by Crippen LogP contribution is -2.17. The monoisotopic (exact) mass is 174 g/mol. The van der Waals surface area contributed by atoms with Gasteiger partial charge in [0, 0.05) is 13.0 Å². The molecule has 70 valence electrons. The largest absolute Gasteiger partial charge is 0.462 e. The normalized spacial score (nSPS) is 12.2. The smallest absolute Gasteiger partial charge is 0.336 e. The molecule has 0 aromatic heterocycles. The Morgan fingerprint density at radius 3 is 2.67 bits per heavy atom. The van der Waals surface area contributed by atoms with Crippen LogP contribution in [0, 0.1) is 0 Å². The summed E-state index contributed by atoms with van der Waals surface area (Å²) >= 11 is 0. The van der Waals surface area contributed by atoms with Crippen LogP contribution in [0.15, 0.2) is 12.2 Å². The summed E-state index contributed by atoms with van der Waals surface area (Å²) in [5, 5.41) is 17.3. The number of ether oxygens (including phenoxy) is 1. The summed E-state index contributed by atoms with van der Waals surface area (Å²) in [7, 11) is 0. The van der Waals surface area contributed by atoms with Crippen molar-refractivity contribution >= 4 is 5.97 Å². The van der Waals surface area contributed by atoms with Gasteiger partial charge in [-0.25, -0.2) is 4.79 Å². The van der Waals surface area contributed by atoms with Crippen LogP contribution in [0.25, 0.3) is 0 Å². The Hall–Kier alpha value is -0.870. The van der Waals surface area contributed by atoms with Crippen molar-refractivity contribution in [2.45, 2.75) is 19.4 Å². The SMILES string of the molecule is C=C(C(=O)OCCCO)C(C)O. The van der Waals surface area contributed by atoms with Gasteiger partial charge in [-0.3, -0.25) is 0 Å². The second kappa shape index (κ2) is 5.74. The Morgan fingerprint density at radius 2 is 2.25 bits per heavy atom. The Kier molecular flexibility index (Phi) is 5.32. The molecule has 0 saturated heterocycles. The van der Waals surface area contributed by atoms with Crippen LogP contribution in [-0.2, 0) is 9.53 Å². The van der Waals surface area contributed by atoms with E-state index in [2.05, 4.69) is 11.3 Å². The fourth-order valence-electron chi connectivity index (χ4n) is 0.493. The summed E-state index contributed by atoms with van der Waals surface area (Å²) < 4.78 is 4.65. The molecule has 0 aromatic rings. The molecular formula is C8H14O4. The average molecular weight is 174 g/mol. The molecule has 12 heavy (non-hydrogen) atoms. The van der Waals surface area contributed by atoms with E-state index in [0.29, 0.717) is 6.42 Å². The van der Waals surface area contributed by atoms with Gasteiger partial charge in [0.1, 0.15) is 0 Å². The van der Waals surface area contributed by atoms with Crippen LogP contribution in [0.3, 0.4) is 0 Å². The van der Waals surface area contributed by atoms with Crippen molar-refractivity contribution in [3.63, 3.8) is 0 Å². The van der Waals surface area contributed by atoms with Gasteiger partial charge in [-0.2, -0.15) is 0 Å². The number of hydrogen-bond donors (Lipinski definition) is 2. The Bertz CT molecular complexity index is 162. The van der Waals surface area contributed by atoms with Crippen LogP contribution < -0.4 is 0 Å². The third-order valence-electron chi connectivity index (χ3n) is 1.30. The van der Waals surface area contributed by atoms with Gasteiger partial charge in [-0.05, 0) is 6.92 Å². The molecule has 0 radical (unpaired) electrons. The van der Waals surface area contributed by atoms with Gasteiger partial charge in [0.15, 0.2) is 0 Å². The fourth-order valence-corrected chi connectivity index (χ4v) is 0.493. The molecule has 0 rings (SSSR count). The first-order chi connectivity index (χ1) is 5.59. The van der Waals surface area contributed by atoms with Crippen molar-refractivity contribution in [3.8, 4) is 0 Å². The minimum absolute atomic E-state index is 0.0194. The highest BCUT2D eigenvalue weighted by Gasteiger charge is 2.12. The van der Waals surface area contributed by atoms with E-state index in [4.69, 9.17) is 10.2 Å². The van der Waals surface area contributed by atoms with Crippen LogP contribution in [0.2, 0.25) is 0 Å². The zero-order valence-electron chi connectivity index (χ0n) is 7.12. The molecular weight excluding hydrogens is 160 g/mol. The summed E-state index contributed by atoms with van der Waals surface area (Å²) in [6.45, 7) is 4.92. The van der Waals surface area contributed by atoms with Crippen molar-refractivity contribution < 1.29 is 19.7 Å². The highest BCUT2D eigenvalue weighted by molar-refractivity contribution is 5.88. The van der Waals surface area contributed by atoms with Crippen molar-refractivity contribution in [1.29, 1.82) is 0 Å². The van der Waals surface area contributed by atoms with Gasteiger partial charge < -0.3 is 14.9 Å². The first-order valence-corrected chi connectivity index (χ1v) is 3.74. The van der Waals surface area contributed by atoms with Gasteiger partial charge in [-0.1, -0.05) is 6.58 Å². The number of hydrogen-bond acceptors (Lipinski definition) is 4. The van der Waals surface area contributed by atoms with Crippen LogP contribution in [0.4, 0.5) is 0 Å². The molecule has 0 amide bonds. The summed E-state index contributed by atoms with van der Waals surface area (Å²) in [6.07, 6.45) is -0.481. The van der Waals surface area contributed by atoms with Crippen LogP contribution in [0.5, 0.6) is 0 Å². The highest BCUT2D eigenvalue weighted by atomic mass is 16.5. The molecule has 0 saturated carbocycles. The molecule has 0 spiro atoms. The van der Waals surface area contributed by atoms with E-state index in [9.17, 15) is 4.79 Å². The zero-order chi connectivity index (χ0) is 9.56. The predicted molar refractivity (Wildman–Crippen MR) is 43.5 cm³/mol. The lowest BCUT2D eigenvalue weighted by molar-refractivity contribution is -0.140. The summed E-state index contributed by atoms with van der Waals surface area (Å²) in [5.74, 6) is -0.613. The molecule has 0 aromatic carbocycles. The lowest BCUT2D eigenvalue weighted by atomic mass is 10.2. The average Bonchev–Trinajstić information content (AvgIpc) is 2.03. The standard InChI is InChI=1S/C8H14O4/c1-6(7(2)10)8(11)12-5-3-4-9/h7,9-10H,1,3-5H2,2H3. The van der Waals surface area contributed by atoms with Gasteiger partial charge in [0.05, 0.1) is 18.3 Å². The molecule has 0 aliphatic heterocycles. The molecule has 4 nitrogen and oxygen atoms in total. The van der Waals surface area contributed by atoms with E-state index >= 15 is 0 Å². The molecule has 0 heterocycles. The predicted octanol–water partition coefficient (Wildman–Crippen LogP) is -0.151. The molecule has 1 atom stereocenters. The minimum atomic E-state index is -0.883. The third kappa shape index (κ3) is 4.10. The first-order valence-electron chi connectivity index (χ1n) is 3.74. The van der Waals surface area contributed by atoms with E-state index < -0.39 is 12.1 Å². The van der Waals surface area contributed by atoms with E-state index in [1.54, 1.807) is 0 Å². The van der Waals surface area contributed by atoms with Crippen molar-refractivity contribution in [2.75, 3.05) is 13.2 Å². The van der Waals surface area contributed by atoms with E-state index in [-0.39, 0.29) is 18.8 Å². The maximum Gasteiger partial charge on any atom is 0.336 e. The van der Waals surface area contributed by atoms with Crippen LogP contribution in [-0.4, -0.2) is 35.5 Å². The number of esters is 1. The van der Waals surface area contributed by atoms with Crippen molar-refractivity contribution in [1.82, 2.24) is 0 Å². The number of carbonyl (C=O) groups excluding carboxylic acids is 1. The van der Waals surface area contributed by atoms with Crippen LogP contribution >= 0.6 is 0 Å². The molecule has 0 aliphatic rings. The summed E-state index contributed by atoms with van der Waals surface area (Å²) in [6, 6.07) is 0. The molecule has 2 N–H and O–H groups in total. The Balaban J connectivity index is 3.65. The van der Waals surface area contributed by atoms with Crippen molar-refractivity contribution in [3.05, 3.63) is 12.2 Å². The van der Waals surface area contributed by atoms with Crippen LogP contribution in [0.1, 0.15) is 13.3 Å². The summed E-state index contributed by atoms with van der Waals surface area (Å²) in [4.78, 5) is 10.9. The van der Waals surface area contributed by atoms with E-state index in [1.165, 1.54) is 6.92 Å². The maximum absolute atomic E-state index is 10.9. The fraction of sp³-hybridized carbons (Fsp3) is 0.625. The minimum Gasteiger partial charge on any atom is -0.462 e. The lowest BCUT2D eigenvalue weighted by Gasteiger charge is -2.07. The zero-order valence-corrected chi connectivity index (χ0v) is 7.12. The Morgan fingerprint density at radius 1 is 1.67 bits per heavy atom. The third-order valence-corrected chi connectivity index (χ3v) is 1.30. The van der Waals surface area contributed by atoms with E-state index in [1.807, 2.05) is 0 Å². The Labute approximate surface area is 71.5 Å². The number of aliphatic hydroxyl groups is 2. The molecule has 1 unspecified atom stereocenters. The number of carbonyl (C=O) groups is 1. The first kappa shape index (κ1) is 11.1. The number of rotatable bonds is 5. The van der Waals surface area contributed by atoms with Gasteiger partial charge in [-0.15, -0.1) is 0 Å². The number of aliphatic hydroxyl groups excluding tert-OH is 2.